The number of piperidine rings is 1. The summed E-state index contributed by atoms with van der Waals surface area (Å²) in [6, 6.07) is 11.8. The van der Waals surface area contributed by atoms with Gasteiger partial charge in [0.2, 0.25) is 0 Å². The Hall–Kier alpha value is -3.49. The van der Waals surface area contributed by atoms with E-state index in [0.717, 1.165) is 47.7 Å². The van der Waals surface area contributed by atoms with E-state index in [2.05, 4.69) is 32.0 Å². The number of likely N-dealkylation sites (tertiary alicyclic amines) is 1. The number of hydrogen-bond donors (Lipinski definition) is 1. The summed E-state index contributed by atoms with van der Waals surface area (Å²) >= 11 is 6.52. The molecule has 1 N–H and O–H groups in total. The largest absolute Gasteiger partial charge is 0.457 e. The standard InChI is InChI=1S/C25H24ClN7O/c1-15-28-20-7-5-18(10-22(20)29-15)34-19-6-8-21-23(11-19)30-24(25(26)31-21)16-12-27-33(13-16)17-4-3-9-32(2)14-17/h5-8,10-13,17H,3-4,9,14H2,1-2H3,(H,28,29). The SMILES string of the molecule is Cc1nc2ccc(Oc3ccc4nc(Cl)c(-c5cnn(C6CCCN(C)C6)c5)nc4c3)cc2[nH]1. The normalized spacial score (nSPS) is 17.0. The third-order valence-corrected chi connectivity index (χ3v) is 6.51. The van der Waals surface area contributed by atoms with Crippen molar-refractivity contribution in [1.82, 2.24) is 34.6 Å². The predicted molar refractivity (Wildman–Crippen MR) is 132 cm³/mol. The molecule has 0 amide bonds. The molecule has 0 spiro atoms. The Kier molecular flexibility index (Phi) is 5.19. The van der Waals surface area contributed by atoms with Crippen LogP contribution in [0.2, 0.25) is 5.15 Å². The summed E-state index contributed by atoms with van der Waals surface area (Å²) in [5.41, 5.74) is 4.75. The number of H-pyrrole nitrogens is 1. The quantitative estimate of drug-likeness (QED) is 0.376. The minimum Gasteiger partial charge on any atom is -0.457 e. The number of imidazole rings is 1. The molecule has 3 aromatic heterocycles. The Bertz CT molecular complexity index is 1510. The van der Waals surface area contributed by atoms with Crippen LogP contribution in [0.25, 0.3) is 33.3 Å². The molecule has 9 heteroatoms. The molecular weight excluding hydrogens is 450 g/mol. The molecule has 4 heterocycles. The van der Waals surface area contributed by atoms with Crippen molar-refractivity contribution >= 4 is 33.7 Å². The van der Waals surface area contributed by atoms with Crippen molar-refractivity contribution in [2.24, 2.45) is 0 Å². The van der Waals surface area contributed by atoms with Gasteiger partial charge in [-0.05, 0) is 57.6 Å². The van der Waals surface area contributed by atoms with Crippen LogP contribution in [0.15, 0.2) is 48.8 Å². The van der Waals surface area contributed by atoms with Crippen molar-refractivity contribution < 1.29 is 4.74 Å². The number of hydrogen-bond acceptors (Lipinski definition) is 6. The number of nitrogens with zero attached hydrogens (tertiary/aromatic N) is 6. The molecule has 1 unspecified atom stereocenters. The summed E-state index contributed by atoms with van der Waals surface area (Å²) in [4.78, 5) is 19.4. The van der Waals surface area contributed by atoms with E-state index in [1.165, 1.54) is 6.42 Å². The molecule has 1 aliphatic rings. The highest BCUT2D eigenvalue weighted by Crippen LogP contribution is 2.31. The average molecular weight is 474 g/mol. The van der Waals surface area contributed by atoms with Crippen LogP contribution in [0.4, 0.5) is 0 Å². The number of fused-ring (bicyclic) bond motifs is 2. The molecule has 0 aliphatic carbocycles. The van der Waals surface area contributed by atoms with Gasteiger partial charge in [0.25, 0.3) is 0 Å². The highest BCUT2D eigenvalue weighted by Gasteiger charge is 2.21. The molecule has 172 valence electrons. The van der Waals surface area contributed by atoms with E-state index in [1.807, 2.05) is 60.4 Å². The molecular formula is C25H24ClN7O. The van der Waals surface area contributed by atoms with Crippen LogP contribution in [0.1, 0.15) is 24.7 Å². The number of rotatable bonds is 4. The van der Waals surface area contributed by atoms with E-state index in [4.69, 9.17) is 21.3 Å². The first-order chi connectivity index (χ1) is 16.5. The summed E-state index contributed by atoms with van der Waals surface area (Å²) in [5.74, 6) is 2.26. The maximum Gasteiger partial charge on any atom is 0.156 e. The first-order valence-electron chi connectivity index (χ1n) is 11.4. The summed E-state index contributed by atoms with van der Waals surface area (Å²) < 4.78 is 8.13. The van der Waals surface area contributed by atoms with E-state index in [9.17, 15) is 0 Å². The van der Waals surface area contributed by atoms with Crippen molar-refractivity contribution in [2.45, 2.75) is 25.8 Å². The Balaban J connectivity index is 1.30. The second-order valence-electron chi connectivity index (χ2n) is 8.88. The first-order valence-corrected chi connectivity index (χ1v) is 11.7. The summed E-state index contributed by atoms with van der Waals surface area (Å²) in [5, 5.41) is 4.97. The first kappa shape index (κ1) is 21.1. The summed E-state index contributed by atoms with van der Waals surface area (Å²) in [6.45, 7) is 4.05. The minimum atomic E-state index is 0.357. The van der Waals surface area contributed by atoms with Crippen molar-refractivity contribution in [2.75, 3.05) is 20.1 Å². The maximum atomic E-state index is 6.52. The van der Waals surface area contributed by atoms with Crippen molar-refractivity contribution in [3.8, 4) is 22.8 Å². The number of ether oxygens (including phenoxy) is 1. The van der Waals surface area contributed by atoms with Crippen LogP contribution in [-0.4, -0.2) is 54.8 Å². The fraction of sp³-hybridized carbons (Fsp3) is 0.280. The van der Waals surface area contributed by atoms with Gasteiger partial charge in [-0.2, -0.15) is 5.10 Å². The number of aromatic amines is 1. The number of nitrogens with one attached hydrogen (secondary N) is 1. The van der Waals surface area contributed by atoms with Crippen molar-refractivity contribution in [3.63, 3.8) is 0 Å². The highest BCUT2D eigenvalue weighted by molar-refractivity contribution is 6.32. The smallest absolute Gasteiger partial charge is 0.156 e. The van der Waals surface area contributed by atoms with Crippen LogP contribution in [0.3, 0.4) is 0 Å². The number of halogens is 1. The van der Waals surface area contributed by atoms with Crippen LogP contribution in [0, 0.1) is 6.92 Å². The number of benzene rings is 2. The Morgan fingerprint density at radius 1 is 1.03 bits per heavy atom. The molecule has 1 saturated heterocycles. The summed E-state index contributed by atoms with van der Waals surface area (Å²) in [6.07, 6.45) is 6.13. The zero-order valence-electron chi connectivity index (χ0n) is 19.0. The molecule has 8 nitrogen and oxygen atoms in total. The van der Waals surface area contributed by atoms with Gasteiger partial charge < -0.3 is 14.6 Å². The lowest BCUT2D eigenvalue weighted by Gasteiger charge is -2.29. The van der Waals surface area contributed by atoms with E-state index in [0.29, 0.717) is 33.7 Å². The van der Waals surface area contributed by atoms with Gasteiger partial charge in [-0.1, -0.05) is 11.6 Å². The highest BCUT2D eigenvalue weighted by atomic mass is 35.5. The van der Waals surface area contributed by atoms with Gasteiger partial charge >= 0.3 is 0 Å². The van der Waals surface area contributed by atoms with Crippen molar-refractivity contribution in [1.29, 1.82) is 0 Å². The van der Waals surface area contributed by atoms with Crippen molar-refractivity contribution in [3.05, 3.63) is 59.8 Å². The van der Waals surface area contributed by atoms with Gasteiger partial charge in [0, 0.05) is 30.4 Å². The molecule has 34 heavy (non-hydrogen) atoms. The molecule has 1 atom stereocenters. The Morgan fingerprint density at radius 3 is 2.71 bits per heavy atom. The maximum absolute atomic E-state index is 6.52. The molecule has 0 radical (unpaired) electrons. The van der Waals surface area contributed by atoms with Gasteiger partial charge in [0.05, 0.1) is 34.3 Å². The minimum absolute atomic E-state index is 0.357. The van der Waals surface area contributed by atoms with Gasteiger partial charge in [-0.3, -0.25) is 4.68 Å². The second-order valence-corrected chi connectivity index (χ2v) is 9.24. The van der Waals surface area contributed by atoms with E-state index < -0.39 is 0 Å². The fourth-order valence-electron chi connectivity index (χ4n) is 4.59. The van der Waals surface area contributed by atoms with Crippen LogP contribution < -0.4 is 4.74 Å². The lowest BCUT2D eigenvalue weighted by atomic mass is 10.1. The molecule has 0 saturated carbocycles. The fourth-order valence-corrected chi connectivity index (χ4v) is 4.83. The predicted octanol–water partition coefficient (Wildman–Crippen LogP) is 5.39. The lowest BCUT2D eigenvalue weighted by Crippen LogP contribution is -2.33. The van der Waals surface area contributed by atoms with Crippen LogP contribution in [0.5, 0.6) is 11.5 Å². The molecule has 5 aromatic rings. The number of likely N-dealkylation sites (N-methyl/N-ethyl adjacent to an activating group) is 1. The third-order valence-electron chi connectivity index (χ3n) is 6.25. The molecule has 1 aliphatic heterocycles. The van der Waals surface area contributed by atoms with Gasteiger partial charge in [0.1, 0.15) is 23.0 Å². The van der Waals surface area contributed by atoms with Gasteiger partial charge in [0.15, 0.2) is 5.15 Å². The topological polar surface area (TPSA) is 84.8 Å². The van der Waals surface area contributed by atoms with Gasteiger partial charge in [-0.15, -0.1) is 0 Å². The lowest BCUT2D eigenvalue weighted by molar-refractivity contribution is 0.202. The average Bonchev–Trinajstić information content (AvgIpc) is 3.45. The van der Waals surface area contributed by atoms with E-state index in [1.54, 1.807) is 0 Å². The molecule has 0 bridgehead atoms. The Labute approximate surface area is 201 Å². The monoisotopic (exact) mass is 473 g/mol. The van der Waals surface area contributed by atoms with E-state index in [-0.39, 0.29) is 0 Å². The number of aromatic nitrogens is 6. The van der Waals surface area contributed by atoms with E-state index >= 15 is 0 Å². The molecule has 6 rings (SSSR count). The van der Waals surface area contributed by atoms with Crippen LogP contribution in [-0.2, 0) is 0 Å². The second kappa shape index (κ2) is 8.38. The number of aryl methyl sites for hydroxylation is 1. The zero-order valence-corrected chi connectivity index (χ0v) is 19.8. The Morgan fingerprint density at radius 2 is 1.85 bits per heavy atom. The summed E-state index contributed by atoms with van der Waals surface area (Å²) in [7, 11) is 2.15. The van der Waals surface area contributed by atoms with Crippen LogP contribution >= 0.6 is 11.6 Å². The molecule has 1 fully saturated rings. The third kappa shape index (κ3) is 3.99. The zero-order chi connectivity index (χ0) is 23.2. The van der Waals surface area contributed by atoms with Gasteiger partial charge in [-0.25, -0.2) is 15.0 Å². The molecule has 2 aromatic carbocycles.